The third-order valence-electron chi connectivity index (χ3n) is 4.83. The van der Waals surface area contributed by atoms with Crippen LogP contribution in [0.15, 0.2) is 41.3 Å². The van der Waals surface area contributed by atoms with E-state index in [0.29, 0.717) is 22.2 Å². The summed E-state index contributed by atoms with van der Waals surface area (Å²) < 4.78 is 50.9. The number of nitrogens with one attached hydrogen (secondary N) is 1. The van der Waals surface area contributed by atoms with Gasteiger partial charge >= 0.3 is 0 Å². The molecule has 1 atom stereocenters. The predicted octanol–water partition coefficient (Wildman–Crippen LogP) is 1.87. The van der Waals surface area contributed by atoms with Crippen LogP contribution in [0.25, 0.3) is 0 Å². The van der Waals surface area contributed by atoms with Crippen LogP contribution >= 0.6 is 0 Å². The van der Waals surface area contributed by atoms with Gasteiger partial charge in [-0.25, -0.2) is 17.1 Å². The topological polar surface area (TPSA) is 102 Å². The number of hydrogen-bond acceptors (Lipinski definition) is 6. The summed E-state index contributed by atoms with van der Waals surface area (Å²) in [6.45, 7) is 0.650. The summed E-state index contributed by atoms with van der Waals surface area (Å²) in [5, 5.41) is 2.50. The first kappa shape index (κ1) is 19.2. The van der Waals surface area contributed by atoms with E-state index >= 15 is 0 Å². The van der Waals surface area contributed by atoms with E-state index in [1.54, 1.807) is 0 Å². The maximum atomic E-state index is 13.5. The van der Waals surface area contributed by atoms with Gasteiger partial charge < -0.3 is 14.8 Å². The minimum absolute atomic E-state index is 0.141. The Morgan fingerprint density at radius 2 is 1.86 bits per heavy atom. The lowest BCUT2D eigenvalue weighted by Gasteiger charge is -2.28. The molecule has 0 fully saturated rings. The molecule has 0 radical (unpaired) electrons. The van der Waals surface area contributed by atoms with Crippen molar-refractivity contribution in [2.75, 3.05) is 25.6 Å². The lowest BCUT2D eigenvalue weighted by atomic mass is 9.90. The normalized spacial score (nSPS) is 17.9. The highest BCUT2D eigenvalue weighted by atomic mass is 32.2. The van der Waals surface area contributed by atoms with Crippen molar-refractivity contribution in [3.8, 4) is 11.5 Å². The SMILES string of the molecule is CN(C(=O)C1CC(=O)Nc2cc(F)ccc21)S(=O)(=O)c1ccc2c(c1)OCCO2. The average Bonchev–Trinajstić information content (AvgIpc) is 2.71. The second-order valence-electron chi connectivity index (χ2n) is 6.65. The van der Waals surface area contributed by atoms with Gasteiger partial charge in [0, 0.05) is 25.2 Å². The van der Waals surface area contributed by atoms with E-state index in [4.69, 9.17) is 9.47 Å². The first-order valence-corrected chi connectivity index (χ1v) is 10.2. The second-order valence-corrected chi connectivity index (χ2v) is 8.62. The van der Waals surface area contributed by atoms with Gasteiger partial charge in [0.1, 0.15) is 19.0 Å². The molecule has 0 saturated heterocycles. The molecule has 4 rings (SSSR count). The largest absolute Gasteiger partial charge is 0.486 e. The zero-order chi connectivity index (χ0) is 20.8. The molecule has 2 aliphatic rings. The van der Waals surface area contributed by atoms with E-state index in [1.165, 1.54) is 24.3 Å². The van der Waals surface area contributed by atoms with E-state index in [0.717, 1.165) is 19.2 Å². The molecule has 1 N–H and O–H groups in total. The first-order chi connectivity index (χ1) is 13.8. The molecule has 2 aromatic rings. The number of ether oxygens (including phenoxy) is 2. The van der Waals surface area contributed by atoms with E-state index in [9.17, 15) is 22.4 Å². The third kappa shape index (κ3) is 3.39. The minimum atomic E-state index is -4.21. The highest BCUT2D eigenvalue weighted by Crippen LogP contribution is 2.36. The van der Waals surface area contributed by atoms with Gasteiger partial charge in [-0.05, 0) is 29.8 Å². The Morgan fingerprint density at radius 3 is 2.62 bits per heavy atom. The van der Waals surface area contributed by atoms with Crippen LogP contribution in [0.4, 0.5) is 10.1 Å². The van der Waals surface area contributed by atoms with Crippen molar-refractivity contribution in [2.24, 2.45) is 0 Å². The van der Waals surface area contributed by atoms with Gasteiger partial charge in [0.2, 0.25) is 11.8 Å². The van der Waals surface area contributed by atoms with Crippen molar-refractivity contribution in [2.45, 2.75) is 17.2 Å². The van der Waals surface area contributed by atoms with Gasteiger partial charge in [-0.3, -0.25) is 9.59 Å². The zero-order valence-electron chi connectivity index (χ0n) is 15.3. The molecule has 2 heterocycles. The number of benzene rings is 2. The number of nitrogens with zero attached hydrogens (tertiary/aromatic N) is 1. The van der Waals surface area contributed by atoms with Crippen LogP contribution in [0.5, 0.6) is 11.5 Å². The molecule has 152 valence electrons. The molecule has 0 aromatic heterocycles. The molecule has 2 aromatic carbocycles. The van der Waals surface area contributed by atoms with Gasteiger partial charge in [-0.2, -0.15) is 0 Å². The Morgan fingerprint density at radius 1 is 1.14 bits per heavy atom. The van der Waals surface area contributed by atoms with Crippen molar-refractivity contribution in [1.82, 2.24) is 4.31 Å². The van der Waals surface area contributed by atoms with Crippen LogP contribution in [0.1, 0.15) is 17.9 Å². The summed E-state index contributed by atoms with van der Waals surface area (Å²) in [6.07, 6.45) is -0.238. The minimum Gasteiger partial charge on any atom is -0.486 e. The second kappa shape index (κ2) is 7.03. The van der Waals surface area contributed by atoms with Crippen LogP contribution in [0.2, 0.25) is 0 Å². The lowest BCUT2D eigenvalue weighted by Crippen LogP contribution is -2.39. The van der Waals surface area contributed by atoms with Crippen molar-refractivity contribution in [3.63, 3.8) is 0 Å². The number of carbonyl (C=O) groups is 2. The van der Waals surface area contributed by atoms with Crippen molar-refractivity contribution < 1.29 is 31.9 Å². The number of sulfonamides is 1. The highest BCUT2D eigenvalue weighted by Gasteiger charge is 2.37. The van der Waals surface area contributed by atoms with E-state index < -0.39 is 33.6 Å². The molecular formula is C19H17FN2O6S. The highest BCUT2D eigenvalue weighted by molar-refractivity contribution is 7.89. The maximum absolute atomic E-state index is 13.5. The summed E-state index contributed by atoms with van der Waals surface area (Å²) in [5.41, 5.74) is 0.518. The fourth-order valence-electron chi connectivity index (χ4n) is 3.34. The molecule has 2 aliphatic heterocycles. The van der Waals surface area contributed by atoms with E-state index in [1.807, 2.05) is 0 Å². The Balaban J connectivity index is 1.66. The number of anilines is 1. The number of fused-ring (bicyclic) bond motifs is 2. The van der Waals surface area contributed by atoms with Gasteiger partial charge in [0.15, 0.2) is 11.5 Å². The van der Waals surface area contributed by atoms with Crippen LogP contribution in [0.3, 0.4) is 0 Å². The van der Waals surface area contributed by atoms with E-state index in [-0.39, 0.29) is 29.4 Å². The average molecular weight is 420 g/mol. The Hall–Kier alpha value is -3.14. The van der Waals surface area contributed by atoms with Crippen LogP contribution in [-0.4, -0.2) is 44.8 Å². The molecule has 0 saturated carbocycles. The van der Waals surface area contributed by atoms with Crippen LogP contribution in [0, 0.1) is 5.82 Å². The van der Waals surface area contributed by atoms with Gasteiger partial charge in [-0.15, -0.1) is 0 Å². The van der Waals surface area contributed by atoms with Gasteiger partial charge in [-0.1, -0.05) is 6.07 Å². The molecule has 0 spiro atoms. The molecule has 0 aliphatic carbocycles. The van der Waals surface area contributed by atoms with Crippen molar-refractivity contribution in [3.05, 3.63) is 47.8 Å². The van der Waals surface area contributed by atoms with Gasteiger partial charge in [0.25, 0.3) is 10.0 Å². The van der Waals surface area contributed by atoms with Crippen molar-refractivity contribution in [1.29, 1.82) is 0 Å². The zero-order valence-corrected chi connectivity index (χ0v) is 16.2. The number of likely N-dealkylation sites (N-methyl/N-ethyl adjacent to an activating group) is 1. The summed E-state index contributed by atoms with van der Waals surface area (Å²) in [7, 11) is -3.08. The quantitative estimate of drug-likeness (QED) is 0.814. The van der Waals surface area contributed by atoms with Crippen molar-refractivity contribution >= 4 is 27.5 Å². The monoisotopic (exact) mass is 420 g/mol. The summed E-state index contributed by atoms with van der Waals surface area (Å²) in [4.78, 5) is 24.8. The molecule has 1 unspecified atom stereocenters. The molecule has 2 amide bonds. The standard InChI is InChI=1S/C19H17FN2O6S/c1-22(29(25,26)12-3-5-16-17(9-12)28-7-6-27-16)19(24)14-10-18(23)21-15-8-11(20)2-4-13(14)15/h2-5,8-9,14H,6-7,10H2,1H3,(H,21,23). The van der Waals surface area contributed by atoms with Crippen LogP contribution in [-0.2, 0) is 19.6 Å². The summed E-state index contributed by atoms with van der Waals surface area (Å²) in [6, 6.07) is 7.71. The first-order valence-electron chi connectivity index (χ1n) is 8.79. The molecule has 8 nitrogen and oxygen atoms in total. The Bertz CT molecular complexity index is 1120. The Labute approximate surface area is 166 Å². The number of halogens is 1. The number of carbonyl (C=O) groups excluding carboxylic acids is 2. The fourth-order valence-corrected chi connectivity index (χ4v) is 4.51. The number of rotatable bonds is 3. The third-order valence-corrected chi connectivity index (χ3v) is 6.59. The summed E-state index contributed by atoms with van der Waals surface area (Å²) >= 11 is 0. The fraction of sp³-hybridized carbons (Fsp3) is 0.263. The molecule has 0 bridgehead atoms. The maximum Gasteiger partial charge on any atom is 0.266 e. The smallest absolute Gasteiger partial charge is 0.266 e. The van der Waals surface area contributed by atoms with Crippen LogP contribution < -0.4 is 14.8 Å². The molecular weight excluding hydrogens is 403 g/mol. The Kier molecular flexibility index (Phi) is 4.65. The number of amides is 2. The lowest BCUT2D eigenvalue weighted by molar-refractivity contribution is -0.130. The van der Waals surface area contributed by atoms with E-state index in [2.05, 4.69) is 5.32 Å². The molecule has 10 heteroatoms. The summed E-state index contributed by atoms with van der Waals surface area (Å²) in [5.74, 6) is -2.21. The molecule has 29 heavy (non-hydrogen) atoms. The number of hydrogen-bond donors (Lipinski definition) is 1. The predicted molar refractivity (Wildman–Crippen MR) is 99.8 cm³/mol. The van der Waals surface area contributed by atoms with Gasteiger partial charge in [0.05, 0.1) is 10.8 Å².